The lowest BCUT2D eigenvalue weighted by molar-refractivity contribution is -0.985. The van der Waals surface area contributed by atoms with Crippen LogP contribution in [0.3, 0.4) is 0 Å². The highest BCUT2D eigenvalue weighted by molar-refractivity contribution is 4.75. The third-order valence-corrected chi connectivity index (χ3v) is 6.14. The quantitative estimate of drug-likeness (QED) is 0.225. The molecule has 6 N–H and O–H groups in total. The fourth-order valence-electron chi connectivity index (χ4n) is 4.77. The van der Waals surface area contributed by atoms with Crippen molar-refractivity contribution in [2.75, 3.05) is 39.4 Å². The molecule has 2 aliphatic rings. The van der Waals surface area contributed by atoms with Crippen LogP contribution in [-0.4, -0.2) is 84.1 Å². The molecule has 0 radical (unpaired) electrons. The Bertz CT molecular complexity index is 323. The molecule has 6 unspecified atom stereocenters. The molecule has 0 aromatic rings. The number of nitrogens with one attached hydrogen (secondary N) is 2. The van der Waals surface area contributed by atoms with Gasteiger partial charge in [-0.2, -0.15) is 0 Å². The third-order valence-electron chi connectivity index (χ3n) is 6.14. The average Bonchev–Trinajstić information content (AvgIpc) is 2.59. The standard InChI is InChI=1S/C18H36N2O4.2ClH/c21-13-11-19(15-5-1-3-7-17(15)23)9-10-20(12-14-22)16-6-2-4-8-18(16)24;;/h15-18,21-24H,1-14H2;2*1H. The zero-order valence-electron chi connectivity index (χ0n) is 15.8. The number of quaternary nitrogens is 2. The summed E-state index contributed by atoms with van der Waals surface area (Å²) in [5.74, 6) is 0. The molecule has 6 atom stereocenters. The first-order valence-corrected chi connectivity index (χ1v) is 9.94. The predicted octanol–water partition coefficient (Wildman–Crippen LogP) is -8.64. The van der Waals surface area contributed by atoms with E-state index in [9.17, 15) is 20.4 Å². The van der Waals surface area contributed by atoms with Gasteiger partial charge in [0.2, 0.25) is 0 Å². The number of aliphatic hydroxyl groups is 4. The lowest BCUT2D eigenvalue weighted by Gasteiger charge is -2.37. The first-order chi connectivity index (χ1) is 11.7. The van der Waals surface area contributed by atoms with E-state index < -0.39 is 0 Å². The molecular weight excluding hydrogens is 379 g/mol. The zero-order chi connectivity index (χ0) is 17.4. The minimum absolute atomic E-state index is 0. The maximum atomic E-state index is 10.3. The molecule has 0 aliphatic heterocycles. The Kier molecular flexibility index (Phi) is 14.5. The third kappa shape index (κ3) is 7.76. The zero-order valence-corrected chi connectivity index (χ0v) is 17.3. The molecule has 0 saturated heterocycles. The van der Waals surface area contributed by atoms with Gasteiger partial charge in [-0.25, -0.2) is 0 Å². The second-order valence-corrected chi connectivity index (χ2v) is 7.68. The largest absolute Gasteiger partial charge is 1.00 e. The Morgan fingerprint density at radius 2 is 0.923 bits per heavy atom. The number of hydrogen-bond donors (Lipinski definition) is 6. The van der Waals surface area contributed by atoms with Crippen LogP contribution in [0.5, 0.6) is 0 Å². The fourth-order valence-corrected chi connectivity index (χ4v) is 4.77. The maximum absolute atomic E-state index is 10.3. The molecular formula is C18H38Cl2N2O4. The van der Waals surface area contributed by atoms with E-state index in [1.54, 1.807) is 0 Å². The average molecular weight is 417 g/mol. The maximum Gasteiger partial charge on any atom is 0.127 e. The van der Waals surface area contributed by atoms with E-state index in [2.05, 4.69) is 0 Å². The van der Waals surface area contributed by atoms with Crippen LogP contribution in [0.4, 0.5) is 0 Å². The molecule has 26 heavy (non-hydrogen) atoms. The van der Waals surface area contributed by atoms with E-state index in [0.29, 0.717) is 13.1 Å². The summed E-state index contributed by atoms with van der Waals surface area (Å²) < 4.78 is 0. The molecule has 8 heteroatoms. The molecule has 2 saturated carbocycles. The van der Waals surface area contributed by atoms with E-state index in [4.69, 9.17) is 0 Å². The van der Waals surface area contributed by atoms with Crippen LogP contribution in [0, 0.1) is 0 Å². The molecule has 158 valence electrons. The van der Waals surface area contributed by atoms with Crippen molar-refractivity contribution in [2.45, 2.75) is 75.7 Å². The van der Waals surface area contributed by atoms with E-state index in [-0.39, 0.29) is 62.3 Å². The molecule has 2 aliphatic carbocycles. The molecule has 0 amide bonds. The lowest BCUT2D eigenvalue weighted by atomic mass is 9.90. The SMILES string of the molecule is OCC[NH+](CC[NH+](CCO)C1CCCCC1O)C1CCCCC1O.[Cl-].[Cl-]. The molecule has 0 spiro atoms. The summed E-state index contributed by atoms with van der Waals surface area (Å²) in [5, 5.41) is 39.5. The Labute approximate surface area is 170 Å². The van der Waals surface area contributed by atoms with Gasteiger partial charge >= 0.3 is 0 Å². The number of halogens is 2. The van der Waals surface area contributed by atoms with E-state index in [1.165, 1.54) is 9.80 Å². The van der Waals surface area contributed by atoms with Crippen LogP contribution in [0.1, 0.15) is 51.4 Å². The first-order valence-electron chi connectivity index (χ1n) is 9.94. The van der Waals surface area contributed by atoms with Crippen LogP contribution in [0.2, 0.25) is 0 Å². The van der Waals surface area contributed by atoms with Crippen molar-refractivity contribution >= 4 is 0 Å². The van der Waals surface area contributed by atoms with Crippen LogP contribution < -0.4 is 34.6 Å². The molecule has 6 nitrogen and oxygen atoms in total. The Balaban J connectivity index is 0.00000312. The molecule has 2 fully saturated rings. The summed E-state index contributed by atoms with van der Waals surface area (Å²) in [4.78, 5) is 2.57. The summed E-state index contributed by atoms with van der Waals surface area (Å²) in [6, 6.07) is 0.440. The smallest absolute Gasteiger partial charge is 0.127 e. The van der Waals surface area contributed by atoms with Crippen molar-refractivity contribution < 1.29 is 55.0 Å². The lowest BCUT2D eigenvalue weighted by Crippen LogP contribution is -3.25. The van der Waals surface area contributed by atoms with Crippen LogP contribution in [0.25, 0.3) is 0 Å². The minimum Gasteiger partial charge on any atom is -1.00 e. The van der Waals surface area contributed by atoms with E-state index in [0.717, 1.165) is 64.5 Å². The monoisotopic (exact) mass is 416 g/mol. The summed E-state index contributed by atoms with van der Waals surface area (Å²) in [5.41, 5.74) is 0. The highest BCUT2D eigenvalue weighted by Crippen LogP contribution is 2.17. The normalized spacial score (nSPS) is 31.4. The van der Waals surface area contributed by atoms with Crippen molar-refractivity contribution in [3.05, 3.63) is 0 Å². The van der Waals surface area contributed by atoms with Gasteiger partial charge in [-0.15, -0.1) is 0 Å². The highest BCUT2D eigenvalue weighted by Gasteiger charge is 2.35. The fraction of sp³-hybridized carbons (Fsp3) is 1.00. The number of aliphatic hydroxyl groups excluding tert-OH is 4. The predicted molar refractivity (Wildman–Crippen MR) is 92.1 cm³/mol. The molecule has 0 bridgehead atoms. The molecule has 0 aromatic heterocycles. The summed E-state index contributed by atoms with van der Waals surface area (Å²) in [7, 11) is 0. The van der Waals surface area contributed by atoms with Crippen LogP contribution in [0.15, 0.2) is 0 Å². The van der Waals surface area contributed by atoms with Crippen molar-refractivity contribution in [1.29, 1.82) is 0 Å². The van der Waals surface area contributed by atoms with Gasteiger partial charge < -0.3 is 55.0 Å². The van der Waals surface area contributed by atoms with Crippen molar-refractivity contribution in [1.82, 2.24) is 0 Å². The Morgan fingerprint density at radius 1 is 0.577 bits per heavy atom. The summed E-state index contributed by atoms with van der Waals surface area (Å²) in [6.07, 6.45) is 7.78. The van der Waals surface area contributed by atoms with Gasteiger partial charge in [0.1, 0.15) is 50.5 Å². The van der Waals surface area contributed by atoms with Gasteiger partial charge in [0, 0.05) is 12.8 Å². The number of rotatable bonds is 9. The minimum atomic E-state index is -0.262. The molecule has 0 aromatic carbocycles. The van der Waals surface area contributed by atoms with E-state index in [1.807, 2.05) is 0 Å². The van der Waals surface area contributed by atoms with Crippen molar-refractivity contribution in [3.8, 4) is 0 Å². The molecule has 2 rings (SSSR count). The van der Waals surface area contributed by atoms with Gasteiger partial charge in [0.05, 0.1) is 13.2 Å². The van der Waals surface area contributed by atoms with Gasteiger partial charge in [-0.1, -0.05) is 12.8 Å². The number of hydrogen-bond acceptors (Lipinski definition) is 4. The molecule has 0 heterocycles. The van der Waals surface area contributed by atoms with Crippen molar-refractivity contribution in [2.24, 2.45) is 0 Å². The van der Waals surface area contributed by atoms with Crippen LogP contribution >= 0.6 is 0 Å². The Hall–Kier alpha value is 0.340. The highest BCUT2D eigenvalue weighted by atomic mass is 35.5. The van der Waals surface area contributed by atoms with E-state index >= 15 is 0 Å². The van der Waals surface area contributed by atoms with Gasteiger partial charge in [-0.05, 0) is 25.7 Å². The second-order valence-electron chi connectivity index (χ2n) is 7.68. The van der Waals surface area contributed by atoms with Gasteiger partial charge in [-0.3, -0.25) is 0 Å². The van der Waals surface area contributed by atoms with Crippen molar-refractivity contribution in [3.63, 3.8) is 0 Å². The first kappa shape index (κ1) is 26.3. The van der Waals surface area contributed by atoms with Crippen LogP contribution in [-0.2, 0) is 0 Å². The Morgan fingerprint density at radius 3 is 1.23 bits per heavy atom. The van der Waals surface area contributed by atoms with Gasteiger partial charge in [0.25, 0.3) is 0 Å². The van der Waals surface area contributed by atoms with Gasteiger partial charge in [0.15, 0.2) is 0 Å². The summed E-state index contributed by atoms with van der Waals surface area (Å²) >= 11 is 0. The summed E-state index contributed by atoms with van der Waals surface area (Å²) in [6.45, 7) is 3.37. The second kappa shape index (κ2) is 14.4. The topological polar surface area (TPSA) is 89.8 Å².